The molecular weight excluding hydrogens is 334 g/mol. The number of hydrogen-bond acceptors (Lipinski definition) is 2. The van der Waals surface area contributed by atoms with Crippen LogP contribution in [0.1, 0.15) is 49.4 Å². The number of benzene rings is 1. The molecule has 0 bridgehead atoms. The molecule has 1 unspecified atom stereocenters. The summed E-state index contributed by atoms with van der Waals surface area (Å²) in [6.45, 7) is 0.566. The van der Waals surface area contributed by atoms with E-state index in [-0.39, 0.29) is 6.04 Å². The summed E-state index contributed by atoms with van der Waals surface area (Å²) in [5, 5.41) is 1.25. The van der Waals surface area contributed by atoms with Crippen molar-refractivity contribution in [3.63, 3.8) is 0 Å². The van der Waals surface area contributed by atoms with E-state index in [4.69, 9.17) is 0 Å². The highest BCUT2D eigenvalue weighted by Gasteiger charge is 2.42. The molecule has 1 aliphatic carbocycles. The first-order valence-corrected chi connectivity index (χ1v) is 10.7. The number of fused-ring (bicyclic) bond motifs is 3. The SMILES string of the molecule is CN(C)S(=O)(=O)N1CCc2c([nH]c3ccccc23)C1C1CCCCC1. The van der Waals surface area contributed by atoms with Gasteiger partial charge in [0.05, 0.1) is 6.04 Å². The Morgan fingerprint density at radius 2 is 1.84 bits per heavy atom. The zero-order valence-electron chi connectivity index (χ0n) is 15.0. The molecule has 1 atom stereocenters. The minimum Gasteiger partial charge on any atom is -0.357 e. The second-order valence-corrected chi connectivity index (χ2v) is 9.65. The zero-order chi connectivity index (χ0) is 17.6. The molecule has 1 fully saturated rings. The summed E-state index contributed by atoms with van der Waals surface area (Å²) in [7, 11) is -0.166. The largest absolute Gasteiger partial charge is 0.357 e. The molecule has 1 aliphatic heterocycles. The van der Waals surface area contributed by atoms with Gasteiger partial charge in [0, 0.05) is 37.2 Å². The molecular formula is C19H27N3O2S. The van der Waals surface area contributed by atoms with Crippen LogP contribution in [0.4, 0.5) is 0 Å². The van der Waals surface area contributed by atoms with E-state index in [0.29, 0.717) is 12.5 Å². The van der Waals surface area contributed by atoms with Gasteiger partial charge in [-0.25, -0.2) is 0 Å². The fraction of sp³-hybridized carbons (Fsp3) is 0.579. The summed E-state index contributed by atoms with van der Waals surface area (Å²) >= 11 is 0. The number of aromatic amines is 1. The first-order valence-electron chi connectivity index (χ1n) is 9.29. The molecule has 2 heterocycles. The maximum absolute atomic E-state index is 13.0. The summed E-state index contributed by atoms with van der Waals surface area (Å²) in [6.07, 6.45) is 6.66. The Bertz CT molecular complexity index is 866. The molecule has 0 saturated heterocycles. The average Bonchev–Trinajstić information content (AvgIpc) is 3.00. The first kappa shape index (κ1) is 17.1. The first-order chi connectivity index (χ1) is 12.0. The number of para-hydroxylation sites is 1. The maximum atomic E-state index is 13.0. The lowest BCUT2D eigenvalue weighted by molar-refractivity contribution is 0.174. The normalized spacial score (nSPS) is 23.2. The molecule has 6 heteroatoms. The van der Waals surface area contributed by atoms with Crippen LogP contribution in [0.2, 0.25) is 0 Å². The van der Waals surface area contributed by atoms with Crippen LogP contribution in [0, 0.1) is 5.92 Å². The van der Waals surface area contributed by atoms with E-state index in [0.717, 1.165) is 30.5 Å². The lowest BCUT2D eigenvalue weighted by Gasteiger charge is -2.41. The third-order valence-electron chi connectivity index (χ3n) is 5.89. The quantitative estimate of drug-likeness (QED) is 0.910. The molecule has 136 valence electrons. The highest BCUT2D eigenvalue weighted by molar-refractivity contribution is 7.86. The highest BCUT2D eigenvalue weighted by Crippen LogP contribution is 2.44. The smallest absolute Gasteiger partial charge is 0.282 e. The number of nitrogens with one attached hydrogen (secondary N) is 1. The van der Waals surface area contributed by atoms with Crippen LogP contribution in [0.15, 0.2) is 24.3 Å². The van der Waals surface area contributed by atoms with E-state index < -0.39 is 10.2 Å². The topological polar surface area (TPSA) is 56.4 Å². The zero-order valence-corrected chi connectivity index (χ0v) is 15.8. The van der Waals surface area contributed by atoms with Crippen LogP contribution >= 0.6 is 0 Å². The third-order valence-corrected chi connectivity index (χ3v) is 7.81. The van der Waals surface area contributed by atoms with Gasteiger partial charge in [-0.15, -0.1) is 0 Å². The van der Waals surface area contributed by atoms with Crippen molar-refractivity contribution in [1.82, 2.24) is 13.6 Å². The maximum Gasteiger partial charge on any atom is 0.282 e. The second-order valence-electron chi connectivity index (χ2n) is 7.56. The third kappa shape index (κ3) is 2.80. The predicted octanol–water partition coefficient (Wildman–Crippen LogP) is 3.45. The van der Waals surface area contributed by atoms with Gasteiger partial charge in [-0.1, -0.05) is 37.5 Å². The summed E-state index contributed by atoms with van der Waals surface area (Å²) in [4.78, 5) is 3.58. The Labute approximate surface area is 150 Å². The van der Waals surface area contributed by atoms with E-state index in [1.54, 1.807) is 18.4 Å². The molecule has 0 radical (unpaired) electrons. The van der Waals surface area contributed by atoms with Crippen molar-refractivity contribution in [3.05, 3.63) is 35.5 Å². The van der Waals surface area contributed by atoms with E-state index in [1.165, 1.54) is 34.5 Å². The number of rotatable bonds is 3. The minimum absolute atomic E-state index is 0.0659. The molecule has 5 nitrogen and oxygen atoms in total. The van der Waals surface area contributed by atoms with Crippen LogP contribution < -0.4 is 0 Å². The molecule has 1 aromatic carbocycles. The van der Waals surface area contributed by atoms with Gasteiger partial charge in [-0.2, -0.15) is 17.0 Å². The molecule has 0 spiro atoms. The Morgan fingerprint density at radius 3 is 2.56 bits per heavy atom. The van der Waals surface area contributed by atoms with Gasteiger partial charge in [-0.05, 0) is 36.8 Å². The van der Waals surface area contributed by atoms with E-state index >= 15 is 0 Å². The Balaban J connectivity index is 1.85. The van der Waals surface area contributed by atoms with Crippen molar-refractivity contribution in [3.8, 4) is 0 Å². The summed E-state index contributed by atoms with van der Waals surface area (Å²) in [5.41, 5.74) is 3.57. The van der Waals surface area contributed by atoms with Gasteiger partial charge in [0.25, 0.3) is 10.2 Å². The van der Waals surface area contributed by atoms with Crippen molar-refractivity contribution in [2.45, 2.75) is 44.6 Å². The summed E-state index contributed by atoms with van der Waals surface area (Å²) in [6, 6.07) is 8.28. The van der Waals surface area contributed by atoms with Crippen LogP contribution in [0.3, 0.4) is 0 Å². The van der Waals surface area contributed by atoms with Gasteiger partial charge in [0.2, 0.25) is 0 Å². The number of H-pyrrole nitrogens is 1. The van der Waals surface area contributed by atoms with Crippen LogP contribution in [0.25, 0.3) is 10.9 Å². The van der Waals surface area contributed by atoms with Gasteiger partial charge in [0.15, 0.2) is 0 Å². The Kier molecular flexibility index (Phi) is 4.38. The number of aromatic nitrogens is 1. The average molecular weight is 362 g/mol. The van der Waals surface area contributed by atoms with Crippen molar-refractivity contribution in [2.24, 2.45) is 5.92 Å². The van der Waals surface area contributed by atoms with Crippen molar-refractivity contribution in [2.75, 3.05) is 20.6 Å². The molecule has 4 rings (SSSR count). The minimum atomic E-state index is -3.43. The standard InChI is InChI=1S/C19H27N3O2S/c1-21(2)25(23,24)22-13-12-16-15-10-6-7-11-17(15)20-18(16)19(22)14-8-4-3-5-9-14/h6-7,10-11,14,19-20H,3-5,8-9,12-13H2,1-2H3. The molecule has 1 aromatic heterocycles. The molecule has 25 heavy (non-hydrogen) atoms. The number of hydrogen-bond donors (Lipinski definition) is 1. The van der Waals surface area contributed by atoms with Gasteiger partial charge >= 0.3 is 0 Å². The van der Waals surface area contributed by atoms with Crippen LogP contribution in [-0.4, -0.2) is 42.7 Å². The van der Waals surface area contributed by atoms with E-state index in [9.17, 15) is 8.42 Å². The summed E-state index contributed by atoms with van der Waals surface area (Å²) in [5.74, 6) is 0.399. The fourth-order valence-electron chi connectivity index (χ4n) is 4.64. The van der Waals surface area contributed by atoms with E-state index in [2.05, 4.69) is 23.2 Å². The molecule has 0 amide bonds. The van der Waals surface area contributed by atoms with Crippen molar-refractivity contribution >= 4 is 21.1 Å². The lowest BCUT2D eigenvalue weighted by Crippen LogP contribution is -2.48. The Morgan fingerprint density at radius 1 is 1.12 bits per heavy atom. The predicted molar refractivity (Wildman–Crippen MR) is 101 cm³/mol. The monoisotopic (exact) mass is 361 g/mol. The highest BCUT2D eigenvalue weighted by atomic mass is 32.2. The number of nitrogens with zero attached hydrogens (tertiary/aromatic N) is 2. The molecule has 1 N–H and O–H groups in total. The molecule has 2 aliphatic rings. The Hall–Kier alpha value is -1.37. The molecule has 1 saturated carbocycles. The van der Waals surface area contributed by atoms with Crippen molar-refractivity contribution < 1.29 is 8.42 Å². The van der Waals surface area contributed by atoms with Gasteiger partial charge in [-0.3, -0.25) is 0 Å². The van der Waals surface area contributed by atoms with Crippen LogP contribution in [0.5, 0.6) is 0 Å². The second kappa shape index (κ2) is 6.41. The van der Waals surface area contributed by atoms with Gasteiger partial charge < -0.3 is 4.98 Å². The lowest BCUT2D eigenvalue weighted by atomic mass is 9.80. The molecule has 2 aromatic rings. The van der Waals surface area contributed by atoms with Gasteiger partial charge in [0.1, 0.15) is 0 Å². The summed E-state index contributed by atoms with van der Waals surface area (Å²) < 4.78 is 29.1. The van der Waals surface area contributed by atoms with E-state index in [1.807, 2.05) is 6.07 Å². The fourth-order valence-corrected chi connectivity index (χ4v) is 5.94. The van der Waals surface area contributed by atoms with Crippen LogP contribution in [-0.2, 0) is 16.6 Å². The van der Waals surface area contributed by atoms with Crippen molar-refractivity contribution in [1.29, 1.82) is 0 Å².